The third-order valence-corrected chi connectivity index (χ3v) is 3.36. The molecule has 0 bridgehead atoms. The minimum atomic E-state index is -0.108. The molecule has 2 N–H and O–H groups in total. The monoisotopic (exact) mass is 235 g/mol. The van der Waals surface area contributed by atoms with Crippen molar-refractivity contribution in [2.45, 2.75) is 37.7 Å². The van der Waals surface area contributed by atoms with Crippen LogP contribution in [0.25, 0.3) is 0 Å². The number of carbonyl (C=O) groups is 1. The van der Waals surface area contributed by atoms with Gasteiger partial charge in [0, 0.05) is 24.8 Å². The van der Waals surface area contributed by atoms with Crippen molar-refractivity contribution in [2.24, 2.45) is 0 Å². The number of nitrogens with zero attached hydrogens (tertiary/aromatic N) is 1. The number of aromatic nitrogens is 2. The van der Waals surface area contributed by atoms with E-state index < -0.39 is 0 Å². The van der Waals surface area contributed by atoms with E-state index in [-0.39, 0.29) is 12.0 Å². The highest BCUT2D eigenvalue weighted by molar-refractivity contribution is 5.92. The molecule has 1 unspecified atom stereocenters. The minimum absolute atomic E-state index is 0.108. The van der Waals surface area contributed by atoms with E-state index in [1.54, 1.807) is 0 Å². The number of nitrogens with one attached hydrogen (secondary N) is 2. The molecule has 1 amide bonds. The van der Waals surface area contributed by atoms with E-state index in [9.17, 15) is 4.79 Å². The van der Waals surface area contributed by atoms with Crippen LogP contribution in [0.15, 0.2) is 6.07 Å². The fourth-order valence-corrected chi connectivity index (χ4v) is 2.16. The van der Waals surface area contributed by atoms with Crippen molar-refractivity contribution in [2.75, 3.05) is 13.2 Å². The van der Waals surface area contributed by atoms with Crippen LogP contribution in [0.5, 0.6) is 0 Å². The predicted molar refractivity (Wildman–Crippen MR) is 61.9 cm³/mol. The molecule has 1 saturated heterocycles. The first kappa shape index (κ1) is 10.8. The summed E-state index contributed by atoms with van der Waals surface area (Å²) in [5.74, 6) is 0.492. The van der Waals surface area contributed by atoms with Gasteiger partial charge in [-0.3, -0.25) is 9.89 Å². The number of ether oxygens (including phenoxy) is 1. The molecule has 2 heterocycles. The molecule has 17 heavy (non-hydrogen) atoms. The molecule has 1 aromatic heterocycles. The number of rotatable bonds is 4. The summed E-state index contributed by atoms with van der Waals surface area (Å²) in [5.41, 5.74) is 1.58. The molecule has 1 atom stereocenters. The maximum atomic E-state index is 11.8. The normalized spacial score (nSPS) is 23.9. The van der Waals surface area contributed by atoms with E-state index in [2.05, 4.69) is 15.5 Å². The summed E-state index contributed by atoms with van der Waals surface area (Å²) < 4.78 is 5.45. The third kappa shape index (κ3) is 2.49. The fourth-order valence-electron chi connectivity index (χ4n) is 2.16. The number of hydrogen-bond donors (Lipinski definition) is 2. The Morgan fingerprint density at radius 3 is 3.12 bits per heavy atom. The molecule has 0 spiro atoms. The molecule has 1 aliphatic carbocycles. The largest absolute Gasteiger partial charge is 0.376 e. The van der Waals surface area contributed by atoms with Gasteiger partial charge in [-0.1, -0.05) is 0 Å². The Hall–Kier alpha value is -1.36. The Morgan fingerprint density at radius 1 is 1.53 bits per heavy atom. The van der Waals surface area contributed by atoms with Gasteiger partial charge in [0.2, 0.25) is 0 Å². The molecule has 2 fully saturated rings. The lowest BCUT2D eigenvalue weighted by atomic mass is 10.2. The van der Waals surface area contributed by atoms with Crippen LogP contribution in [-0.4, -0.2) is 35.4 Å². The van der Waals surface area contributed by atoms with E-state index in [4.69, 9.17) is 4.74 Å². The minimum Gasteiger partial charge on any atom is -0.376 e. The molecule has 3 rings (SSSR count). The van der Waals surface area contributed by atoms with Crippen molar-refractivity contribution in [3.05, 3.63) is 17.5 Å². The van der Waals surface area contributed by atoms with Crippen molar-refractivity contribution in [1.82, 2.24) is 15.5 Å². The van der Waals surface area contributed by atoms with Crippen LogP contribution in [0, 0.1) is 0 Å². The molecule has 1 saturated carbocycles. The quantitative estimate of drug-likeness (QED) is 0.824. The molecular formula is C12H17N3O2. The molecule has 0 radical (unpaired) electrons. The van der Waals surface area contributed by atoms with E-state index in [1.807, 2.05) is 6.07 Å². The maximum Gasteiger partial charge on any atom is 0.271 e. The molecule has 5 nitrogen and oxygen atoms in total. The molecule has 1 aliphatic heterocycles. The highest BCUT2D eigenvalue weighted by atomic mass is 16.5. The van der Waals surface area contributed by atoms with E-state index in [0.717, 1.165) is 25.1 Å². The Labute approximate surface area is 99.9 Å². The van der Waals surface area contributed by atoms with Crippen LogP contribution < -0.4 is 5.32 Å². The van der Waals surface area contributed by atoms with Crippen LogP contribution in [0.2, 0.25) is 0 Å². The molecule has 92 valence electrons. The van der Waals surface area contributed by atoms with Crippen molar-refractivity contribution in [1.29, 1.82) is 0 Å². The van der Waals surface area contributed by atoms with Gasteiger partial charge < -0.3 is 10.1 Å². The third-order valence-electron chi connectivity index (χ3n) is 3.36. The van der Waals surface area contributed by atoms with Gasteiger partial charge in [-0.25, -0.2) is 0 Å². The van der Waals surface area contributed by atoms with Gasteiger partial charge in [0.15, 0.2) is 0 Å². The van der Waals surface area contributed by atoms with Gasteiger partial charge in [-0.2, -0.15) is 5.10 Å². The number of aromatic amines is 1. The summed E-state index contributed by atoms with van der Waals surface area (Å²) in [6.45, 7) is 1.40. The van der Waals surface area contributed by atoms with E-state index >= 15 is 0 Å². The number of amides is 1. The first-order chi connectivity index (χ1) is 8.33. The average molecular weight is 235 g/mol. The second kappa shape index (κ2) is 4.49. The van der Waals surface area contributed by atoms with Gasteiger partial charge in [-0.05, 0) is 31.7 Å². The summed E-state index contributed by atoms with van der Waals surface area (Å²) >= 11 is 0. The fraction of sp³-hybridized carbons (Fsp3) is 0.667. The van der Waals surface area contributed by atoms with Crippen LogP contribution in [0.1, 0.15) is 47.8 Å². The summed E-state index contributed by atoms with van der Waals surface area (Å²) in [4.78, 5) is 11.8. The highest BCUT2D eigenvalue weighted by Gasteiger charge is 2.26. The standard InChI is InChI=1S/C12H17N3O2/c16-12(13-7-9-2-1-5-17-9)11-6-10(14-15-11)8-3-4-8/h6,8-9H,1-5,7H2,(H,13,16)(H,14,15). The Kier molecular flexibility index (Phi) is 2.84. The summed E-state index contributed by atoms with van der Waals surface area (Å²) in [5, 5.41) is 9.85. The van der Waals surface area contributed by atoms with Gasteiger partial charge in [0.1, 0.15) is 5.69 Å². The summed E-state index contributed by atoms with van der Waals surface area (Å²) in [7, 11) is 0. The lowest BCUT2D eigenvalue weighted by Crippen LogP contribution is -2.31. The summed E-state index contributed by atoms with van der Waals surface area (Å²) in [6.07, 6.45) is 4.72. The van der Waals surface area contributed by atoms with Crippen molar-refractivity contribution in [3.8, 4) is 0 Å². The topological polar surface area (TPSA) is 67.0 Å². The Morgan fingerprint density at radius 2 is 2.41 bits per heavy atom. The SMILES string of the molecule is O=C(NCC1CCCO1)c1cc(C2CC2)[nH]n1. The number of carbonyl (C=O) groups excluding carboxylic acids is 1. The van der Waals surface area contributed by atoms with E-state index in [1.165, 1.54) is 12.8 Å². The smallest absolute Gasteiger partial charge is 0.271 e. The maximum absolute atomic E-state index is 11.8. The second-order valence-electron chi connectivity index (χ2n) is 4.83. The Bertz CT molecular complexity index is 406. The van der Waals surface area contributed by atoms with Gasteiger partial charge in [-0.15, -0.1) is 0 Å². The van der Waals surface area contributed by atoms with Gasteiger partial charge >= 0.3 is 0 Å². The van der Waals surface area contributed by atoms with Crippen LogP contribution in [0.4, 0.5) is 0 Å². The average Bonchev–Trinajstić information content (AvgIpc) is 2.88. The lowest BCUT2D eigenvalue weighted by molar-refractivity contribution is 0.0853. The van der Waals surface area contributed by atoms with Gasteiger partial charge in [0.05, 0.1) is 6.10 Å². The van der Waals surface area contributed by atoms with Gasteiger partial charge in [0.25, 0.3) is 5.91 Å². The molecule has 5 heteroatoms. The molecular weight excluding hydrogens is 218 g/mol. The first-order valence-corrected chi connectivity index (χ1v) is 6.28. The second-order valence-corrected chi connectivity index (χ2v) is 4.83. The lowest BCUT2D eigenvalue weighted by Gasteiger charge is -2.09. The zero-order valence-corrected chi connectivity index (χ0v) is 9.74. The molecule has 0 aromatic carbocycles. The first-order valence-electron chi connectivity index (χ1n) is 6.28. The molecule has 2 aliphatic rings. The zero-order chi connectivity index (χ0) is 11.7. The van der Waals surface area contributed by atoms with Crippen LogP contribution in [-0.2, 0) is 4.74 Å². The van der Waals surface area contributed by atoms with Crippen LogP contribution in [0.3, 0.4) is 0 Å². The number of H-pyrrole nitrogens is 1. The highest BCUT2D eigenvalue weighted by Crippen LogP contribution is 2.38. The van der Waals surface area contributed by atoms with Crippen LogP contribution >= 0.6 is 0 Å². The Balaban J connectivity index is 1.53. The molecule has 1 aromatic rings. The summed E-state index contributed by atoms with van der Waals surface area (Å²) in [6, 6.07) is 1.86. The van der Waals surface area contributed by atoms with Crippen molar-refractivity contribution >= 4 is 5.91 Å². The number of hydrogen-bond acceptors (Lipinski definition) is 3. The van der Waals surface area contributed by atoms with E-state index in [0.29, 0.717) is 18.2 Å². The van der Waals surface area contributed by atoms with Crippen molar-refractivity contribution < 1.29 is 9.53 Å². The predicted octanol–water partition coefficient (Wildman–Crippen LogP) is 1.20. The zero-order valence-electron chi connectivity index (χ0n) is 9.74. The van der Waals surface area contributed by atoms with Crippen molar-refractivity contribution in [3.63, 3.8) is 0 Å².